The molecular formula is C12H20N4O5. The van der Waals surface area contributed by atoms with Crippen molar-refractivity contribution in [1.29, 1.82) is 0 Å². The summed E-state index contributed by atoms with van der Waals surface area (Å²) in [7, 11) is 1.38. The number of carbonyl (C=O) groups is 4. The lowest BCUT2D eigenvalue weighted by atomic mass is 10.4. The van der Waals surface area contributed by atoms with Crippen molar-refractivity contribution >= 4 is 23.8 Å². The Morgan fingerprint density at radius 2 is 1.67 bits per heavy atom. The van der Waals surface area contributed by atoms with Gasteiger partial charge in [-0.15, -0.1) is 0 Å². The Morgan fingerprint density at radius 3 is 2.14 bits per heavy atom. The van der Waals surface area contributed by atoms with Crippen LogP contribution < -0.4 is 5.73 Å². The van der Waals surface area contributed by atoms with Gasteiger partial charge in [-0.2, -0.15) is 0 Å². The average molecular weight is 300 g/mol. The maximum atomic E-state index is 12.1. The molecule has 0 aliphatic carbocycles. The van der Waals surface area contributed by atoms with Crippen molar-refractivity contribution in [3.63, 3.8) is 0 Å². The number of nitrogens with two attached hydrogens (primary N) is 1. The molecule has 0 atom stereocenters. The van der Waals surface area contributed by atoms with Crippen LogP contribution >= 0.6 is 0 Å². The molecule has 118 valence electrons. The summed E-state index contributed by atoms with van der Waals surface area (Å²) >= 11 is 0. The fraction of sp³-hybridized carbons (Fsp3) is 0.667. The Labute approximate surface area is 122 Å². The highest BCUT2D eigenvalue weighted by Crippen LogP contribution is 2.08. The summed E-state index contributed by atoms with van der Waals surface area (Å²) in [4.78, 5) is 49.1. The number of aliphatic carboxylic acids is 1. The molecule has 4 amide bonds. The number of nitrogens with zero attached hydrogens (tertiary/aromatic N) is 3. The number of hydrogen-bond acceptors (Lipinski definition) is 4. The first kappa shape index (κ1) is 16.7. The van der Waals surface area contributed by atoms with E-state index in [4.69, 9.17) is 10.8 Å². The number of carboxylic acids is 1. The van der Waals surface area contributed by atoms with E-state index in [1.807, 2.05) is 0 Å². The molecule has 0 unspecified atom stereocenters. The number of likely N-dealkylation sites (tertiary alicyclic amines) is 1. The van der Waals surface area contributed by atoms with Gasteiger partial charge in [0.2, 0.25) is 11.8 Å². The number of carbonyl (C=O) groups excluding carboxylic acids is 3. The Morgan fingerprint density at radius 1 is 1.10 bits per heavy atom. The summed E-state index contributed by atoms with van der Waals surface area (Å²) < 4.78 is 0. The molecule has 1 fully saturated rings. The number of carboxylic acid groups (broad SMARTS) is 1. The second kappa shape index (κ2) is 7.46. The van der Waals surface area contributed by atoms with E-state index >= 15 is 0 Å². The van der Waals surface area contributed by atoms with Crippen LogP contribution in [0.15, 0.2) is 0 Å². The number of likely N-dealkylation sites (N-methyl/N-ethyl adjacent to an activating group) is 1. The van der Waals surface area contributed by atoms with Crippen LogP contribution in [0.5, 0.6) is 0 Å². The first-order chi connectivity index (χ1) is 9.81. The molecule has 1 saturated heterocycles. The lowest BCUT2D eigenvalue weighted by Crippen LogP contribution is -2.49. The van der Waals surface area contributed by atoms with E-state index in [1.165, 1.54) is 7.05 Å². The fourth-order valence-corrected chi connectivity index (χ4v) is 2.12. The van der Waals surface area contributed by atoms with Gasteiger partial charge in [0, 0.05) is 20.1 Å². The topological polar surface area (TPSA) is 124 Å². The summed E-state index contributed by atoms with van der Waals surface area (Å²) in [5, 5.41) is 8.74. The van der Waals surface area contributed by atoms with Crippen LogP contribution in [0.3, 0.4) is 0 Å². The van der Waals surface area contributed by atoms with E-state index in [1.54, 1.807) is 4.90 Å². The number of amides is 4. The highest BCUT2D eigenvalue weighted by atomic mass is 16.4. The van der Waals surface area contributed by atoms with Crippen molar-refractivity contribution in [2.45, 2.75) is 12.8 Å². The molecule has 1 aliphatic rings. The zero-order valence-electron chi connectivity index (χ0n) is 11.9. The zero-order chi connectivity index (χ0) is 16.0. The Balaban J connectivity index is 2.61. The van der Waals surface area contributed by atoms with Crippen LogP contribution in [0.2, 0.25) is 0 Å². The quantitative estimate of drug-likeness (QED) is 0.620. The molecule has 0 aromatic rings. The Bertz CT molecular complexity index is 417. The van der Waals surface area contributed by atoms with Gasteiger partial charge in [0.15, 0.2) is 0 Å². The molecule has 1 rings (SSSR count). The van der Waals surface area contributed by atoms with Gasteiger partial charge in [-0.25, -0.2) is 4.79 Å². The first-order valence-electron chi connectivity index (χ1n) is 6.59. The van der Waals surface area contributed by atoms with Crippen molar-refractivity contribution in [2.24, 2.45) is 5.73 Å². The van der Waals surface area contributed by atoms with Gasteiger partial charge in [0.25, 0.3) is 0 Å². The highest BCUT2D eigenvalue weighted by Gasteiger charge is 2.25. The number of rotatable bonds is 6. The maximum Gasteiger partial charge on any atom is 0.323 e. The van der Waals surface area contributed by atoms with Crippen molar-refractivity contribution in [3.8, 4) is 0 Å². The van der Waals surface area contributed by atoms with Gasteiger partial charge < -0.3 is 25.5 Å². The van der Waals surface area contributed by atoms with Gasteiger partial charge in [-0.1, -0.05) is 0 Å². The molecule has 0 aromatic carbocycles. The predicted octanol–water partition coefficient (Wildman–Crippen LogP) is -1.47. The monoisotopic (exact) mass is 300 g/mol. The number of hydrogen-bond donors (Lipinski definition) is 2. The number of urea groups is 1. The highest BCUT2D eigenvalue weighted by molar-refractivity contribution is 5.88. The third kappa shape index (κ3) is 5.28. The second-order valence-corrected chi connectivity index (χ2v) is 4.94. The van der Waals surface area contributed by atoms with Gasteiger partial charge in [-0.3, -0.25) is 14.4 Å². The van der Waals surface area contributed by atoms with E-state index in [9.17, 15) is 19.2 Å². The molecule has 0 aromatic heterocycles. The molecule has 1 heterocycles. The van der Waals surface area contributed by atoms with Crippen molar-refractivity contribution in [3.05, 3.63) is 0 Å². The fourth-order valence-electron chi connectivity index (χ4n) is 2.12. The smallest absolute Gasteiger partial charge is 0.323 e. The minimum atomic E-state index is -1.26. The summed E-state index contributed by atoms with van der Waals surface area (Å²) in [5.74, 6) is -2.27. The lowest BCUT2D eigenvalue weighted by molar-refractivity contribution is -0.138. The van der Waals surface area contributed by atoms with Crippen LogP contribution in [0, 0.1) is 0 Å². The molecular weight excluding hydrogens is 280 g/mol. The van der Waals surface area contributed by atoms with E-state index in [0.717, 1.165) is 22.6 Å². The van der Waals surface area contributed by atoms with Gasteiger partial charge in [0.1, 0.15) is 19.6 Å². The predicted molar refractivity (Wildman–Crippen MR) is 72.2 cm³/mol. The first-order valence-corrected chi connectivity index (χ1v) is 6.59. The average Bonchev–Trinajstić information content (AvgIpc) is 2.89. The minimum Gasteiger partial charge on any atom is -0.480 e. The van der Waals surface area contributed by atoms with Gasteiger partial charge >= 0.3 is 12.0 Å². The van der Waals surface area contributed by atoms with E-state index < -0.39 is 31.0 Å². The molecule has 1 aliphatic heterocycles. The van der Waals surface area contributed by atoms with Crippen LogP contribution in [0.4, 0.5) is 4.79 Å². The summed E-state index contributed by atoms with van der Waals surface area (Å²) in [5.41, 5.74) is 4.99. The van der Waals surface area contributed by atoms with Crippen molar-refractivity contribution in [2.75, 3.05) is 39.8 Å². The largest absolute Gasteiger partial charge is 0.480 e. The Kier molecular flexibility index (Phi) is 5.94. The summed E-state index contributed by atoms with van der Waals surface area (Å²) in [6.07, 6.45) is 1.88. The molecule has 9 nitrogen and oxygen atoms in total. The second-order valence-electron chi connectivity index (χ2n) is 4.94. The van der Waals surface area contributed by atoms with Crippen molar-refractivity contribution < 1.29 is 24.3 Å². The zero-order valence-corrected chi connectivity index (χ0v) is 11.9. The van der Waals surface area contributed by atoms with E-state index in [-0.39, 0.29) is 12.5 Å². The summed E-state index contributed by atoms with van der Waals surface area (Å²) in [6, 6.07) is -0.719. The van der Waals surface area contributed by atoms with E-state index in [0.29, 0.717) is 13.1 Å². The van der Waals surface area contributed by atoms with Crippen molar-refractivity contribution in [1.82, 2.24) is 14.7 Å². The third-order valence-corrected chi connectivity index (χ3v) is 3.10. The molecule has 9 heteroatoms. The lowest BCUT2D eigenvalue weighted by Gasteiger charge is -2.27. The van der Waals surface area contributed by atoms with Crippen LogP contribution in [-0.2, 0) is 14.4 Å². The van der Waals surface area contributed by atoms with Crippen LogP contribution in [0.25, 0.3) is 0 Å². The van der Waals surface area contributed by atoms with E-state index in [2.05, 4.69) is 0 Å². The van der Waals surface area contributed by atoms with Crippen LogP contribution in [-0.4, -0.2) is 83.4 Å². The molecule has 0 spiro atoms. The minimum absolute atomic E-state index is 0.159. The maximum absolute atomic E-state index is 12.1. The SMILES string of the molecule is CN(CC(=O)N1CCCC1)C(=O)N(CC(N)=O)CC(=O)O. The standard InChI is InChI=1S/C12H20N4O5/c1-14(7-10(18)15-4-2-3-5-15)12(21)16(6-9(13)17)8-11(19)20/h2-8H2,1H3,(H2,13,17)(H,19,20). The number of primary amides is 1. The normalized spacial score (nSPS) is 13.9. The molecule has 0 saturated carbocycles. The molecule has 21 heavy (non-hydrogen) atoms. The van der Waals surface area contributed by atoms with Crippen LogP contribution in [0.1, 0.15) is 12.8 Å². The van der Waals surface area contributed by atoms with Gasteiger partial charge in [-0.05, 0) is 12.8 Å². The van der Waals surface area contributed by atoms with Gasteiger partial charge in [0.05, 0.1) is 0 Å². The Hall–Kier alpha value is -2.32. The third-order valence-electron chi connectivity index (χ3n) is 3.10. The molecule has 0 radical (unpaired) electrons. The summed E-state index contributed by atoms with van der Waals surface area (Å²) in [6.45, 7) is 0.0209. The molecule has 0 bridgehead atoms. The molecule has 3 N–H and O–H groups in total.